The second-order valence-corrected chi connectivity index (χ2v) is 6.66. The molecule has 1 aromatic carbocycles. The molecule has 0 spiro atoms. The van der Waals surface area contributed by atoms with E-state index in [0.29, 0.717) is 16.5 Å². The van der Waals surface area contributed by atoms with Crippen LogP contribution in [0, 0.1) is 0 Å². The van der Waals surface area contributed by atoms with E-state index in [1.54, 1.807) is 37.3 Å². The van der Waals surface area contributed by atoms with Crippen molar-refractivity contribution >= 4 is 34.4 Å². The number of imidazole rings is 1. The standard InChI is InChI=1S/C17H22N6OS/c1-5-12-7-6-11(8-13(12)18)9-25-17-20-15-14(19-10-22(15)2)16(21-17)23(3)24-4/h6-8,10H,5,9,18H2,1-4H3. The molecule has 0 bridgehead atoms. The van der Waals surface area contributed by atoms with E-state index in [1.165, 1.54) is 5.56 Å². The number of anilines is 2. The van der Waals surface area contributed by atoms with E-state index in [4.69, 9.17) is 10.6 Å². The first-order valence-corrected chi connectivity index (χ1v) is 8.99. The fourth-order valence-corrected chi connectivity index (χ4v) is 3.32. The summed E-state index contributed by atoms with van der Waals surface area (Å²) in [6, 6.07) is 6.21. The topological polar surface area (TPSA) is 82.1 Å². The Morgan fingerprint density at radius 1 is 1.32 bits per heavy atom. The first-order valence-electron chi connectivity index (χ1n) is 8.00. The second kappa shape index (κ2) is 7.28. The van der Waals surface area contributed by atoms with Gasteiger partial charge in [-0.1, -0.05) is 30.8 Å². The van der Waals surface area contributed by atoms with Crippen LogP contribution in [0.4, 0.5) is 11.5 Å². The minimum atomic E-state index is 0.649. The fourth-order valence-electron chi connectivity index (χ4n) is 2.55. The number of nitrogens with zero attached hydrogens (tertiary/aromatic N) is 5. The third kappa shape index (κ3) is 3.54. The number of aryl methyl sites for hydroxylation is 2. The Bertz CT molecular complexity index is 894. The number of benzene rings is 1. The van der Waals surface area contributed by atoms with E-state index in [0.717, 1.165) is 29.1 Å². The van der Waals surface area contributed by atoms with E-state index >= 15 is 0 Å². The molecule has 8 heteroatoms. The van der Waals surface area contributed by atoms with Gasteiger partial charge in [-0.2, -0.15) is 0 Å². The molecule has 0 amide bonds. The lowest BCUT2D eigenvalue weighted by molar-refractivity contribution is 0.182. The summed E-state index contributed by atoms with van der Waals surface area (Å²) in [6.07, 6.45) is 2.66. The molecule has 0 fully saturated rings. The van der Waals surface area contributed by atoms with Gasteiger partial charge in [-0.25, -0.2) is 20.0 Å². The van der Waals surface area contributed by atoms with Crippen LogP contribution >= 0.6 is 11.8 Å². The zero-order chi connectivity index (χ0) is 18.0. The van der Waals surface area contributed by atoms with Crippen LogP contribution in [0.3, 0.4) is 0 Å². The number of nitrogen functional groups attached to an aromatic ring is 1. The highest BCUT2D eigenvalue weighted by Gasteiger charge is 2.16. The van der Waals surface area contributed by atoms with Crippen LogP contribution < -0.4 is 10.8 Å². The largest absolute Gasteiger partial charge is 0.398 e. The first-order chi connectivity index (χ1) is 12.0. The van der Waals surface area contributed by atoms with Crippen LogP contribution in [0.1, 0.15) is 18.1 Å². The van der Waals surface area contributed by atoms with Crippen molar-refractivity contribution in [1.29, 1.82) is 0 Å². The molecule has 2 aromatic heterocycles. The molecule has 25 heavy (non-hydrogen) atoms. The van der Waals surface area contributed by atoms with Gasteiger partial charge in [0.1, 0.15) is 0 Å². The lowest BCUT2D eigenvalue weighted by atomic mass is 10.1. The van der Waals surface area contributed by atoms with E-state index in [2.05, 4.69) is 34.0 Å². The third-order valence-corrected chi connectivity index (χ3v) is 4.97. The molecule has 0 saturated heterocycles. The van der Waals surface area contributed by atoms with Gasteiger partial charge in [-0.15, -0.1) is 0 Å². The zero-order valence-electron chi connectivity index (χ0n) is 14.9. The van der Waals surface area contributed by atoms with Crippen molar-refractivity contribution in [3.63, 3.8) is 0 Å². The monoisotopic (exact) mass is 358 g/mol. The smallest absolute Gasteiger partial charge is 0.192 e. The van der Waals surface area contributed by atoms with Crippen LogP contribution in [0.5, 0.6) is 0 Å². The van der Waals surface area contributed by atoms with Gasteiger partial charge in [0.25, 0.3) is 0 Å². The van der Waals surface area contributed by atoms with Gasteiger partial charge in [0, 0.05) is 25.5 Å². The predicted octanol–water partition coefficient (Wildman–Crippen LogP) is 2.80. The van der Waals surface area contributed by atoms with Gasteiger partial charge < -0.3 is 10.3 Å². The fraction of sp³-hybridized carbons (Fsp3) is 0.353. The second-order valence-electron chi connectivity index (χ2n) is 5.71. The molecule has 0 unspecified atom stereocenters. The summed E-state index contributed by atoms with van der Waals surface area (Å²) in [7, 11) is 5.31. The van der Waals surface area contributed by atoms with Gasteiger partial charge in [0.15, 0.2) is 22.1 Å². The summed E-state index contributed by atoms with van der Waals surface area (Å²) in [5, 5.41) is 2.27. The van der Waals surface area contributed by atoms with E-state index in [-0.39, 0.29) is 0 Å². The molecule has 2 heterocycles. The lowest BCUT2D eigenvalue weighted by Gasteiger charge is -2.15. The summed E-state index contributed by atoms with van der Waals surface area (Å²) in [5.41, 5.74) is 10.7. The average molecular weight is 358 g/mol. The maximum atomic E-state index is 6.09. The molecule has 0 radical (unpaired) electrons. The van der Waals surface area contributed by atoms with Crippen LogP contribution in [-0.2, 0) is 24.1 Å². The van der Waals surface area contributed by atoms with E-state index < -0.39 is 0 Å². The van der Waals surface area contributed by atoms with Crippen LogP contribution in [-0.4, -0.2) is 33.7 Å². The lowest BCUT2D eigenvalue weighted by Crippen LogP contribution is -2.17. The summed E-state index contributed by atoms with van der Waals surface area (Å²) in [5.74, 6) is 1.39. The van der Waals surface area contributed by atoms with Crippen molar-refractivity contribution in [2.45, 2.75) is 24.3 Å². The van der Waals surface area contributed by atoms with Gasteiger partial charge in [-0.05, 0) is 23.6 Å². The summed E-state index contributed by atoms with van der Waals surface area (Å²) in [4.78, 5) is 18.9. The number of hydroxylamine groups is 1. The Labute approximate surface area is 151 Å². The number of nitrogens with two attached hydrogens (primary N) is 1. The summed E-state index contributed by atoms with van der Waals surface area (Å²) in [6.45, 7) is 2.10. The van der Waals surface area contributed by atoms with Gasteiger partial charge in [0.05, 0.1) is 13.4 Å². The molecule has 0 atom stereocenters. The number of fused-ring (bicyclic) bond motifs is 1. The SMILES string of the molecule is CCc1ccc(CSc2nc(N(C)OC)c3ncn(C)c3n2)cc1N. The van der Waals surface area contributed by atoms with Crippen molar-refractivity contribution in [3.05, 3.63) is 35.7 Å². The van der Waals surface area contributed by atoms with Crippen LogP contribution in [0.25, 0.3) is 11.2 Å². The Morgan fingerprint density at radius 3 is 2.80 bits per heavy atom. The quantitative estimate of drug-likeness (QED) is 0.314. The number of thioether (sulfide) groups is 1. The van der Waals surface area contributed by atoms with Crippen molar-refractivity contribution < 1.29 is 4.84 Å². The Kier molecular flexibility index (Phi) is 5.10. The summed E-state index contributed by atoms with van der Waals surface area (Å²) >= 11 is 1.56. The molecule has 2 N–H and O–H groups in total. The molecule has 7 nitrogen and oxygen atoms in total. The maximum absolute atomic E-state index is 6.09. The Balaban J connectivity index is 1.88. The first kappa shape index (κ1) is 17.5. The van der Waals surface area contributed by atoms with Crippen LogP contribution in [0.15, 0.2) is 29.7 Å². The van der Waals surface area contributed by atoms with Gasteiger partial charge >= 0.3 is 0 Å². The third-order valence-electron chi connectivity index (χ3n) is 4.05. The highest BCUT2D eigenvalue weighted by atomic mass is 32.2. The zero-order valence-corrected chi connectivity index (χ0v) is 15.7. The van der Waals surface area contributed by atoms with Gasteiger partial charge in [0.2, 0.25) is 0 Å². The minimum Gasteiger partial charge on any atom is -0.398 e. The van der Waals surface area contributed by atoms with Crippen molar-refractivity contribution in [3.8, 4) is 0 Å². The predicted molar refractivity (Wildman–Crippen MR) is 102 cm³/mol. The number of hydrogen-bond acceptors (Lipinski definition) is 7. The average Bonchev–Trinajstić information content (AvgIpc) is 3.00. The molecule has 0 aliphatic heterocycles. The van der Waals surface area contributed by atoms with Crippen molar-refractivity contribution in [2.24, 2.45) is 7.05 Å². The van der Waals surface area contributed by atoms with Crippen molar-refractivity contribution in [2.75, 3.05) is 25.0 Å². The maximum Gasteiger partial charge on any atom is 0.192 e. The normalized spacial score (nSPS) is 11.2. The highest BCUT2D eigenvalue weighted by Crippen LogP contribution is 2.28. The molecule has 132 valence electrons. The van der Waals surface area contributed by atoms with Crippen molar-refractivity contribution in [1.82, 2.24) is 19.5 Å². The minimum absolute atomic E-state index is 0.649. The van der Waals surface area contributed by atoms with E-state index in [1.807, 2.05) is 17.7 Å². The number of rotatable bonds is 6. The summed E-state index contributed by atoms with van der Waals surface area (Å²) < 4.78 is 1.88. The number of aromatic nitrogens is 4. The van der Waals surface area contributed by atoms with E-state index in [9.17, 15) is 0 Å². The Morgan fingerprint density at radius 2 is 2.12 bits per heavy atom. The molecule has 0 aliphatic carbocycles. The highest BCUT2D eigenvalue weighted by molar-refractivity contribution is 7.98. The number of hydrogen-bond donors (Lipinski definition) is 1. The Hall–Kier alpha value is -2.32. The molecule has 3 rings (SSSR count). The molecule has 0 saturated carbocycles. The molecule has 0 aliphatic rings. The van der Waals surface area contributed by atoms with Gasteiger partial charge in [-0.3, -0.25) is 4.84 Å². The molecular weight excluding hydrogens is 336 g/mol. The molecule has 3 aromatic rings. The van der Waals surface area contributed by atoms with Crippen LogP contribution in [0.2, 0.25) is 0 Å². The molecular formula is C17H22N6OS.